The summed E-state index contributed by atoms with van der Waals surface area (Å²) in [5.74, 6) is 0.774. The molecule has 0 heterocycles. The summed E-state index contributed by atoms with van der Waals surface area (Å²) in [4.78, 5) is 12.9. The van der Waals surface area contributed by atoms with Crippen LogP contribution in [0.15, 0.2) is 127 Å². The Bertz CT molecular complexity index is 1650. The second kappa shape index (κ2) is 12.3. The van der Waals surface area contributed by atoms with Gasteiger partial charge in [0.2, 0.25) is 0 Å². The Labute approximate surface area is 227 Å². The molecule has 5 aromatic rings. The first-order valence-electron chi connectivity index (χ1n) is 12.6. The van der Waals surface area contributed by atoms with E-state index >= 15 is 0 Å². The highest BCUT2D eigenvalue weighted by Gasteiger charge is 2.12. The molecule has 0 aliphatic carbocycles. The Morgan fingerprint density at radius 3 is 2.21 bits per heavy atom. The predicted octanol–water partition coefficient (Wildman–Crippen LogP) is 7.54. The van der Waals surface area contributed by atoms with Crippen molar-refractivity contribution in [1.29, 1.82) is 5.26 Å². The van der Waals surface area contributed by atoms with Crippen LogP contribution < -0.4 is 14.8 Å². The van der Waals surface area contributed by atoms with E-state index in [9.17, 15) is 10.1 Å². The number of hydrogen-bond acceptors (Lipinski definition) is 4. The summed E-state index contributed by atoms with van der Waals surface area (Å²) in [5, 5.41) is 14.8. The fourth-order valence-corrected chi connectivity index (χ4v) is 4.10. The van der Waals surface area contributed by atoms with E-state index in [1.807, 2.05) is 78.9 Å². The lowest BCUT2D eigenvalue weighted by Crippen LogP contribution is -2.13. The van der Waals surface area contributed by atoms with Gasteiger partial charge in [-0.25, -0.2) is 0 Å². The van der Waals surface area contributed by atoms with E-state index in [0.29, 0.717) is 36.0 Å². The molecular weight excluding hydrogens is 484 g/mol. The number of carbonyl (C=O) groups excluding carboxylic acids is 1. The van der Waals surface area contributed by atoms with Crippen LogP contribution in [0.4, 0.5) is 5.69 Å². The number of anilines is 1. The number of amides is 1. The van der Waals surface area contributed by atoms with E-state index in [4.69, 9.17) is 9.47 Å². The number of carbonyl (C=O) groups is 1. The fourth-order valence-electron chi connectivity index (χ4n) is 4.10. The molecule has 0 atom stereocenters. The molecule has 0 bridgehead atoms. The zero-order valence-corrected chi connectivity index (χ0v) is 21.2. The van der Waals surface area contributed by atoms with Gasteiger partial charge < -0.3 is 14.8 Å². The standard InChI is InChI=1S/C34H26N2O3/c35-22-30(34(37)36-31-16-18-32(19-17-31)38-23-25-8-2-1-3-9-25)21-29-12-6-7-13-33(29)39-24-26-14-15-27-10-4-5-11-28(27)20-26/h1-21H,23-24H2,(H,36,37)/b30-21+. The molecule has 0 aliphatic heterocycles. The van der Waals surface area contributed by atoms with Crippen LogP contribution in [0.5, 0.6) is 11.5 Å². The summed E-state index contributed by atoms with van der Waals surface area (Å²) < 4.78 is 11.9. The van der Waals surface area contributed by atoms with Gasteiger partial charge in [-0.15, -0.1) is 0 Å². The van der Waals surface area contributed by atoms with Gasteiger partial charge in [0.05, 0.1) is 0 Å². The minimum absolute atomic E-state index is 0.0267. The first-order chi connectivity index (χ1) is 19.2. The normalized spacial score (nSPS) is 11.0. The van der Waals surface area contributed by atoms with Gasteiger partial charge in [-0.05, 0) is 64.4 Å². The minimum Gasteiger partial charge on any atom is -0.489 e. The molecule has 0 radical (unpaired) electrons. The summed E-state index contributed by atoms with van der Waals surface area (Å²) >= 11 is 0. The number of para-hydroxylation sites is 1. The van der Waals surface area contributed by atoms with Gasteiger partial charge in [0.1, 0.15) is 36.4 Å². The van der Waals surface area contributed by atoms with E-state index in [1.165, 1.54) is 5.39 Å². The smallest absolute Gasteiger partial charge is 0.266 e. The van der Waals surface area contributed by atoms with E-state index < -0.39 is 5.91 Å². The Balaban J connectivity index is 1.23. The number of nitrogens with one attached hydrogen (secondary N) is 1. The maximum Gasteiger partial charge on any atom is 0.266 e. The molecule has 5 aromatic carbocycles. The minimum atomic E-state index is -0.500. The summed E-state index contributed by atoms with van der Waals surface area (Å²) in [6.45, 7) is 0.818. The van der Waals surface area contributed by atoms with Gasteiger partial charge in [0.15, 0.2) is 0 Å². The Kier molecular flexibility index (Phi) is 7.96. The average Bonchev–Trinajstić information content (AvgIpc) is 2.99. The summed E-state index contributed by atoms with van der Waals surface area (Å²) in [7, 11) is 0. The molecule has 0 aliphatic rings. The van der Waals surface area contributed by atoms with E-state index in [2.05, 4.69) is 29.6 Å². The van der Waals surface area contributed by atoms with Gasteiger partial charge in [-0.3, -0.25) is 4.79 Å². The van der Waals surface area contributed by atoms with Crippen molar-refractivity contribution < 1.29 is 14.3 Å². The lowest BCUT2D eigenvalue weighted by Gasteiger charge is -2.11. The molecule has 5 rings (SSSR count). The zero-order chi connectivity index (χ0) is 26.9. The molecular formula is C34H26N2O3. The molecule has 190 valence electrons. The Morgan fingerprint density at radius 1 is 0.718 bits per heavy atom. The van der Waals surface area contributed by atoms with Crippen LogP contribution in [0.3, 0.4) is 0 Å². The van der Waals surface area contributed by atoms with Crippen molar-refractivity contribution in [2.75, 3.05) is 5.32 Å². The largest absolute Gasteiger partial charge is 0.489 e. The number of benzene rings is 5. The van der Waals surface area contributed by atoms with Gasteiger partial charge in [-0.2, -0.15) is 5.26 Å². The molecule has 39 heavy (non-hydrogen) atoms. The average molecular weight is 511 g/mol. The molecule has 0 unspecified atom stereocenters. The van der Waals surface area contributed by atoms with Crippen molar-refractivity contribution in [2.45, 2.75) is 13.2 Å². The molecule has 0 saturated heterocycles. The number of fused-ring (bicyclic) bond motifs is 1. The number of nitriles is 1. The first-order valence-corrected chi connectivity index (χ1v) is 12.6. The van der Waals surface area contributed by atoms with Crippen LogP contribution in [0.1, 0.15) is 16.7 Å². The van der Waals surface area contributed by atoms with E-state index in [0.717, 1.165) is 16.5 Å². The van der Waals surface area contributed by atoms with Gasteiger partial charge in [0.25, 0.3) is 5.91 Å². The number of nitrogens with zero attached hydrogens (tertiary/aromatic N) is 1. The third-order valence-corrected chi connectivity index (χ3v) is 6.15. The van der Waals surface area contributed by atoms with Crippen molar-refractivity contribution in [3.63, 3.8) is 0 Å². The third-order valence-electron chi connectivity index (χ3n) is 6.15. The molecule has 0 spiro atoms. The number of ether oxygens (including phenoxy) is 2. The van der Waals surface area contributed by atoms with Crippen molar-refractivity contribution in [3.8, 4) is 17.6 Å². The number of hydrogen-bond donors (Lipinski definition) is 1. The van der Waals surface area contributed by atoms with E-state index in [-0.39, 0.29) is 5.57 Å². The van der Waals surface area contributed by atoms with Gasteiger partial charge in [-0.1, -0.05) is 84.9 Å². The van der Waals surface area contributed by atoms with E-state index in [1.54, 1.807) is 30.3 Å². The molecule has 1 N–H and O–H groups in total. The zero-order valence-electron chi connectivity index (χ0n) is 21.2. The lowest BCUT2D eigenvalue weighted by atomic mass is 10.1. The van der Waals surface area contributed by atoms with Gasteiger partial charge in [0, 0.05) is 11.3 Å². The van der Waals surface area contributed by atoms with Crippen LogP contribution in [0.25, 0.3) is 16.8 Å². The first kappa shape index (κ1) is 25.3. The number of rotatable bonds is 9. The molecule has 1 amide bonds. The predicted molar refractivity (Wildman–Crippen MR) is 154 cm³/mol. The van der Waals surface area contributed by atoms with Crippen LogP contribution in [0.2, 0.25) is 0 Å². The fraction of sp³-hybridized carbons (Fsp3) is 0.0588. The van der Waals surface area contributed by atoms with Crippen molar-refractivity contribution >= 4 is 28.4 Å². The highest BCUT2D eigenvalue weighted by Crippen LogP contribution is 2.24. The second-order valence-corrected chi connectivity index (χ2v) is 8.93. The van der Waals surface area contributed by atoms with Gasteiger partial charge >= 0.3 is 0 Å². The maximum absolute atomic E-state index is 12.9. The molecule has 5 heteroatoms. The van der Waals surface area contributed by atoms with Crippen LogP contribution in [-0.4, -0.2) is 5.91 Å². The molecule has 0 fully saturated rings. The summed E-state index contributed by atoms with van der Waals surface area (Å²) in [6, 6.07) is 40.7. The van der Waals surface area contributed by atoms with Crippen LogP contribution in [-0.2, 0) is 18.0 Å². The van der Waals surface area contributed by atoms with Crippen LogP contribution >= 0.6 is 0 Å². The highest BCUT2D eigenvalue weighted by atomic mass is 16.5. The van der Waals surface area contributed by atoms with Crippen LogP contribution in [0, 0.1) is 11.3 Å². The SMILES string of the molecule is N#C/C(=C\c1ccccc1OCc1ccc2ccccc2c1)C(=O)Nc1ccc(OCc2ccccc2)cc1. The molecule has 5 nitrogen and oxygen atoms in total. The highest BCUT2D eigenvalue weighted by molar-refractivity contribution is 6.09. The topological polar surface area (TPSA) is 71.3 Å². The Morgan fingerprint density at radius 2 is 1.41 bits per heavy atom. The molecule has 0 aromatic heterocycles. The maximum atomic E-state index is 12.9. The van der Waals surface area contributed by atoms with Crippen molar-refractivity contribution in [3.05, 3.63) is 144 Å². The summed E-state index contributed by atoms with van der Waals surface area (Å²) in [5.41, 5.74) is 3.28. The summed E-state index contributed by atoms with van der Waals surface area (Å²) in [6.07, 6.45) is 1.54. The van der Waals surface area contributed by atoms with Crippen molar-refractivity contribution in [1.82, 2.24) is 0 Å². The Hall–Kier alpha value is -5.34. The molecule has 0 saturated carbocycles. The monoisotopic (exact) mass is 510 g/mol. The lowest BCUT2D eigenvalue weighted by molar-refractivity contribution is -0.112. The third kappa shape index (κ3) is 6.71. The van der Waals surface area contributed by atoms with Crippen molar-refractivity contribution in [2.24, 2.45) is 0 Å². The second-order valence-electron chi connectivity index (χ2n) is 8.93. The quantitative estimate of drug-likeness (QED) is 0.164.